The lowest BCUT2D eigenvalue weighted by Gasteiger charge is -2.35. The van der Waals surface area contributed by atoms with Crippen LogP contribution in [0.15, 0.2) is 36.4 Å². The fourth-order valence-corrected chi connectivity index (χ4v) is 3.97. The number of hydrogen-bond acceptors (Lipinski definition) is 5. The maximum absolute atomic E-state index is 12.5. The molecule has 1 amide bonds. The van der Waals surface area contributed by atoms with Crippen LogP contribution in [-0.2, 0) is 9.53 Å². The Balaban J connectivity index is 1.62. The van der Waals surface area contributed by atoms with Gasteiger partial charge in [-0.3, -0.25) is 9.69 Å². The van der Waals surface area contributed by atoms with Gasteiger partial charge in [-0.2, -0.15) is 0 Å². The van der Waals surface area contributed by atoms with Crippen LogP contribution in [0.25, 0.3) is 0 Å². The number of ether oxygens (including phenoxy) is 3. The summed E-state index contributed by atoms with van der Waals surface area (Å²) in [6.45, 7) is 9.67. The van der Waals surface area contributed by atoms with Crippen LogP contribution in [0.1, 0.15) is 28.3 Å². The number of rotatable bonds is 8. The van der Waals surface area contributed by atoms with Gasteiger partial charge in [-0.1, -0.05) is 29.8 Å². The van der Waals surface area contributed by atoms with Crippen LogP contribution in [0.5, 0.6) is 11.5 Å². The SMILES string of the molecule is COc1ccc([C@@H](CNC(=O)COc2c(C)cc(C)cc2C)N2CCOCC2)cc1. The number of nitrogens with one attached hydrogen (secondary N) is 1. The molecule has 0 aromatic heterocycles. The predicted molar refractivity (Wildman–Crippen MR) is 117 cm³/mol. The Morgan fingerprint density at radius 1 is 1.10 bits per heavy atom. The molecule has 1 saturated heterocycles. The van der Waals surface area contributed by atoms with Gasteiger partial charge in [-0.05, 0) is 49.6 Å². The Morgan fingerprint density at radius 3 is 2.33 bits per heavy atom. The smallest absolute Gasteiger partial charge is 0.258 e. The average molecular weight is 413 g/mol. The number of amides is 1. The van der Waals surface area contributed by atoms with Crippen LogP contribution in [0.2, 0.25) is 0 Å². The number of carbonyl (C=O) groups is 1. The third-order valence-electron chi connectivity index (χ3n) is 5.43. The van der Waals surface area contributed by atoms with Gasteiger partial charge in [0.2, 0.25) is 0 Å². The molecule has 30 heavy (non-hydrogen) atoms. The number of aryl methyl sites for hydroxylation is 3. The van der Waals surface area contributed by atoms with Crippen molar-refractivity contribution < 1.29 is 19.0 Å². The zero-order valence-electron chi connectivity index (χ0n) is 18.4. The minimum absolute atomic E-state index is 0.00316. The normalized spacial score (nSPS) is 15.5. The van der Waals surface area contributed by atoms with Gasteiger partial charge >= 0.3 is 0 Å². The van der Waals surface area contributed by atoms with Crippen LogP contribution in [0.4, 0.5) is 0 Å². The highest BCUT2D eigenvalue weighted by Gasteiger charge is 2.23. The molecule has 1 aliphatic rings. The van der Waals surface area contributed by atoms with Crippen LogP contribution >= 0.6 is 0 Å². The molecule has 0 radical (unpaired) electrons. The van der Waals surface area contributed by atoms with E-state index in [9.17, 15) is 4.79 Å². The molecule has 1 fully saturated rings. The van der Waals surface area contributed by atoms with E-state index >= 15 is 0 Å². The molecule has 6 nitrogen and oxygen atoms in total. The lowest BCUT2D eigenvalue weighted by molar-refractivity contribution is -0.123. The first-order valence-corrected chi connectivity index (χ1v) is 10.4. The Bertz CT molecular complexity index is 822. The van der Waals surface area contributed by atoms with Gasteiger partial charge in [-0.15, -0.1) is 0 Å². The summed E-state index contributed by atoms with van der Waals surface area (Å²) in [7, 11) is 1.66. The van der Waals surface area contributed by atoms with Crippen molar-refractivity contribution in [2.45, 2.75) is 26.8 Å². The molecule has 0 bridgehead atoms. The van der Waals surface area contributed by atoms with Crippen molar-refractivity contribution in [3.05, 3.63) is 58.7 Å². The number of benzene rings is 2. The van der Waals surface area contributed by atoms with Gasteiger partial charge in [0.1, 0.15) is 11.5 Å². The maximum Gasteiger partial charge on any atom is 0.258 e. The van der Waals surface area contributed by atoms with E-state index in [-0.39, 0.29) is 18.6 Å². The first-order valence-electron chi connectivity index (χ1n) is 10.4. The van der Waals surface area contributed by atoms with Crippen LogP contribution in [-0.4, -0.2) is 57.4 Å². The lowest BCUT2D eigenvalue weighted by atomic mass is 10.0. The Morgan fingerprint density at radius 2 is 1.73 bits per heavy atom. The molecule has 6 heteroatoms. The van der Waals surface area contributed by atoms with Crippen molar-refractivity contribution in [2.24, 2.45) is 0 Å². The summed E-state index contributed by atoms with van der Waals surface area (Å²) >= 11 is 0. The highest BCUT2D eigenvalue weighted by Crippen LogP contribution is 2.25. The largest absolute Gasteiger partial charge is 0.497 e. The fourth-order valence-electron chi connectivity index (χ4n) is 3.97. The quantitative estimate of drug-likeness (QED) is 0.722. The molecule has 1 heterocycles. The molecule has 1 N–H and O–H groups in total. The van der Waals surface area contributed by atoms with Crippen LogP contribution < -0.4 is 14.8 Å². The summed E-state index contributed by atoms with van der Waals surface area (Å²) in [4.78, 5) is 14.9. The Hall–Kier alpha value is -2.57. The number of hydrogen-bond donors (Lipinski definition) is 1. The summed E-state index contributed by atoms with van der Waals surface area (Å²) < 4.78 is 16.6. The molecule has 162 valence electrons. The molecule has 2 aromatic rings. The van der Waals surface area contributed by atoms with Crippen molar-refractivity contribution in [2.75, 3.05) is 46.6 Å². The molecule has 0 spiro atoms. The molecule has 3 rings (SSSR count). The van der Waals surface area contributed by atoms with Crippen molar-refractivity contribution in [3.8, 4) is 11.5 Å². The van der Waals surface area contributed by atoms with E-state index in [1.54, 1.807) is 7.11 Å². The fraction of sp³-hybridized carbons (Fsp3) is 0.458. The van der Waals surface area contributed by atoms with Gasteiger partial charge in [0.25, 0.3) is 5.91 Å². The molecule has 2 aromatic carbocycles. The van der Waals surface area contributed by atoms with E-state index in [4.69, 9.17) is 14.2 Å². The second-order valence-corrected chi connectivity index (χ2v) is 7.76. The molecular formula is C24H32N2O4. The molecule has 0 unspecified atom stereocenters. The maximum atomic E-state index is 12.5. The van der Waals surface area contributed by atoms with Crippen LogP contribution in [0.3, 0.4) is 0 Å². The number of carbonyl (C=O) groups excluding carboxylic acids is 1. The number of nitrogens with zero attached hydrogens (tertiary/aromatic N) is 1. The van der Waals surface area contributed by atoms with E-state index in [0.29, 0.717) is 19.8 Å². The minimum Gasteiger partial charge on any atom is -0.497 e. The van der Waals surface area contributed by atoms with Gasteiger partial charge in [-0.25, -0.2) is 0 Å². The Kier molecular flexibility index (Phi) is 7.71. The lowest BCUT2D eigenvalue weighted by Crippen LogP contribution is -2.44. The molecular weight excluding hydrogens is 380 g/mol. The first-order chi connectivity index (χ1) is 14.5. The summed E-state index contributed by atoms with van der Waals surface area (Å²) in [5.74, 6) is 1.48. The zero-order valence-corrected chi connectivity index (χ0v) is 18.4. The van der Waals surface area contributed by atoms with E-state index in [0.717, 1.165) is 41.3 Å². The van der Waals surface area contributed by atoms with Crippen molar-refractivity contribution in [1.82, 2.24) is 10.2 Å². The third-order valence-corrected chi connectivity index (χ3v) is 5.43. The van der Waals surface area contributed by atoms with Gasteiger partial charge in [0.15, 0.2) is 6.61 Å². The summed E-state index contributed by atoms with van der Waals surface area (Å²) in [5.41, 5.74) is 4.42. The monoisotopic (exact) mass is 412 g/mol. The van der Waals surface area contributed by atoms with Gasteiger partial charge in [0, 0.05) is 19.6 Å². The van der Waals surface area contributed by atoms with Gasteiger partial charge in [0.05, 0.1) is 26.4 Å². The number of methoxy groups -OCH3 is 1. The third kappa shape index (κ3) is 5.74. The second kappa shape index (κ2) is 10.5. The molecule has 1 aliphatic heterocycles. The minimum atomic E-state index is -0.124. The highest BCUT2D eigenvalue weighted by molar-refractivity contribution is 5.77. The number of morpholine rings is 1. The first kappa shape index (κ1) is 22.1. The molecule has 0 saturated carbocycles. The van der Waals surface area contributed by atoms with E-state index < -0.39 is 0 Å². The van der Waals surface area contributed by atoms with Crippen LogP contribution in [0, 0.1) is 20.8 Å². The van der Waals surface area contributed by atoms with E-state index in [2.05, 4.69) is 41.4 Å². The zero-order chi connectivity index (χ0) is 21.5. The molecule has 0 aliphatic carbocycles. The second-order valence-electron chi connectivity index (χ2n) is 7.76. The van der Waals surface area contributed by atoms with Crippen molar-refractivity contribution in [3.63, 3.8) is 0 Å². The summed E-state index contributed by atoms with van der Waals surface area (Å²) in [6.07, 6.45) is 0. The van der Waals surface area contributed by atoms with Crippen molar-refractivity contribution in [1.29, 1.82) is 0 Å². The van der Waals surface area contributed by atoms with Gasteiger partial charge < -0.3 is 19.5 Å². The summed E-state index contributed by atoms with van der Waals surface area (Å²) in [5, 5.41) is 3.05. The standard InChI is InChI=1S/C24H32N2O4/c1-17-13-18(2)24(19(3)14-17)30-16-23(27)25-15-22(26-9-11-29-12-10-26)20-5-7-21(28-4)8-6-20/h5-8,13-14,22H,9-12,15-16H2,1-4H3,(H,25,27)/t22-/m1/s1. The van der Waals surface area contributed by atoms with E-state index in [1.165, 1.54) is 5.56 Å². The Labute approximate surface area is 179 Å². The topological polar surface area (TPSA) is 60.0 Å². The highest BCUT2D eigenvalue weighted by atomic mass is 16.5. The average Bonchev–Trinajstić information content (AvgIpc) is 2.74. The predicted octanol–water partition coefficient (Wildman–Crippen LogP) is 3.19. The van der Waals surface area contributed by atoms with Crippen molar-refractivity contribution >= 4 is 5.91 Å². The summed E-state index contributed by atoms with van der Waals surface area (Å²) in [6, 6.07) is 12.2. The van der Waals surface area contributed by atoms with E-state index in [1.807, 2.05) is 26.0 Å². The molecule has 1 atom stereocenters.